The summed E-state index contributed by atoms with van der Waals surface area (Å²) in [5, 5.41) is 0. The van der Waals surface area contributed by atoms with Gasteiger partial charge in [0.1, 0.15) is 5.75 Å². The number of nitrogens with one attached hydrogen (secondary N) is 1. The minimum Gasteiger partial charge on any atom is -0.465 e. The predicted octanol–water partition coefficient (Wildman–Crippen LogP) is 1.68. The highest BCUT2D eigenvalue weighted by molar-refractivity contribution is 6.14. The van der Waals surface area contributed by atoms with Crippen LogP contribution < -0.4 is 9.64 Å². The lowest BCUT2D eigenvalue weighted by Gasteiger charge is -2.22. The standard InChI is InChI=1S/C22H23NO5/c1-27-22(26)19-8-4-3-7-18(19)21(25)16-9-11-17(12-10-16)28-20(24)15-23-13-5-2-6-14-23/h3-4,7-12H,2,5-6,13-15H2,1H3/p+1. The zero-order chi connectivity index (χ0) is 19.9. The molecular weight excluding hydrogens is 358 g/mol. The number of esters is 2. The third-order valence-corrected chi connectivity index (χ3v) is 4.88. The lowest BCUT2D eigenvalue weighted by Crippen LogP contribution is -3.13. The molecular formula is C22H24NO5+. The lowest BCUT2D eigenvalue weighted by atomic mass is 9.98. The average Bonchev–Trinajstić information content (AvgIpc) is 2.74. The molecule has 1 saturated heterocycles. The lowest BCUT2D eigenvalue weighted by molar-refractivity contribution is -0.897. The molecule has 28 heavy (non-hydrogen) atoms. The van der Waals surface area contributed by atoms with Gasteiger partial charge in [0.25, 0.3) is 0 Å². The van der Waals surface area contributed by atoms with Crippen LogP contribution in [0.15, 0.2) is 48.5 Å². The Morgan fingerprint density at radius 3 is 2.18 bits per heavy atom. The Kier molecular flexibility index (Phi) is 6.55. The first kappa shape index (κ1) is 19.8. The summed E-state index contributed by atoms with van der Waals surface area (Å²) in [6.07, 6.45) is 3.52. The van der Waals surface area contributed by atoms with Gasteiger partial charge in [-0.2, -0.15) is 0 Å². The first-order valence-corrected chi connectivity index (χ1v) is 9.45. The molecule has 0 amide bonds. The molecule has 0 aliphatic carbocycles. The van der Waals surface area contributed by atoms with Gasteiger partial charge < -0.3 is 14.4 Å². The molecule has 0 bridgehead atoms. The number of quaternary nitrogens is 1. The Morgan fingerprint density at radius 2 is 1.54 bits per heavy atom. The van der Waals surface area contributed by atoms with Gasteiger partial charge in [0, 0.05) is 11.1 Å². The van der Waals surface area contributed by atoms with Gasteiger partial charge in [-0.15, -0.1) is 0 Å². The van der Waals surface area contributed by atoms with Crippen molar-refractivity contribution >= 4 is 17.7 Å². The van der Waals surface area contributed by atoms with Crippen molar-refractivity contribution in [3.8, 4) is 5.75 Å². The van der Waals surface area contributed by atoms with Crippen molar-refractivity contribution in [2.75, 3.05) is 26.7 Å². The SMILES string of the molecule is COC(=O)c1ccccc1C(=O)c1ccc(OC(=O)C[NH+]2CCCCC2)cc1. The number of methoxy groups -OCH3 is 1. The van der Waals surface area contributed by atoms with E-state index in [0.29, 0.717) is 17.9 Å². The highest BCUT2D eigenvalue weighted by Crippen LogP contribution is 2.18. The van der Waals surface area contributed by atoms with Crippen LogP contribution in [0.1, 0.15) is 45.5 Å². The van der Waals surface area contributed by atoms with Crippen molar-refractivity contribution < 1.29 is 28.8 Å². The van der Waals surface area contributed by atoms with E-state index >= 15 is 0 Å². The number of carbonyl (C=O) groups is 3. The molecule has 3 rings (SSSR count). The van der Waals surface area contributed by atoms with E-state index in [-0.39, 0.29) is 22.9 Å². The smallest absolute Gasteiger partial charge is 0.367 e. The molecule has 6 nitrogen and oxygen atoms in total. The Labute approximate surface area is 164 Å². The van der Waals surface area contributed by atoms with Crippen LogP contribution in [0.5, 0.6) is 5.75 Å². The number of carbonyl (C=O) groups excluding carboxylic acids is 3. The predicted molar refractivity (Wildman–Crippen MR) is 103 cm³/mol. The quantitative estimate of drug-likeness (QED) is 0.467. The van der Waals surface area contributed by atoms with Crippen molar-refractivity contribution in [2.24, 2.45) is 0 Å². The van der Waals surface area contributed by atoms with Crippen LogP contribution >= 0.6 is 0 Å². The van der Waals surface area contributed by atoms with E-state index in [1.54, 1.807) is 48.5 Å². The van der Waals surface area contributed by atoms with Crippen LogP contribution in [0, 0.1) is 0 Å². The maximum Gasteiger partial charge on any atom is 0.367 e. The van der Waals surface area contributed by atoms with Crippen molar-refractivity contribution in [2.45, 2.75) is 19.3 Å². The van der Waals surface area contributed by atoms with Crippen molar-refractivity contribution in [1.82, 2.24) is 0 Å². The normalized spacial score (nSPS) is 14.3. The highest BCUT2D eigenvalue weighted by atomic mass is 16.5. The van der Waals surface area contributed by atoms with Gasteiger partial charge >= 0.3 is 11.9 Å². The third-order valence-electron chi connectivity index (χ3n) is 4.88. The monoisotopic (exact) mass is 382 g/mol. The van der Waals surface area contributed by atoms with E-state index in [9.17, 15) is 14.4 Å². The Bertz CT molecular complexity index is 853. The van der Waals surface area contributed by atoms with E-state index < -0.39 is 5.97 Å². The summed E-state index contributed by atoms with van der Waals surface area (Å²) in [4.78, 5) is 38.0. The topological polar surface area (TPSA) is 74.1 Å². The third kappa shape index (κ3) is 4.84. The van der Waals surface area contributed by atoms with E-state index in [4.69, 9.17) is 9.47 Å². The maximum atomic E-state index is 12.8. The number of piperidine rings is 1. The second kappa shape index (κ2) is 9.28. The molecule has 0 aromatic heterocycles. The molecule has 2 aromatic carbocycles. The number of ether oxygens (including phenoxy) is 2. The number of benzene rings is 2. The molecule has 1 aliphatic rings. The van der Waals surface area contributed by atoms with Gasteiger partial charge in [-0.25, -0.2) is 9.59 Å². The Morgan fingerprint density at radius 1 is 0.893 bits per heavy atom. The van der Waals surface area contributed by atoms with Gasteiger partial charge in [0.15, 0.2) is 12.3 Å². The second-order valence-electron chi connectivity index (χ2n) is 6.85. The summed E-state index contributed by atoms with van der Waals surface area (Å²) in [7, 11) is 1.28. The summed E-state index contributed by atoms with van der Waals surface area (Å²) < 4.78 is 10.1. The van der Waals surface area contributed by atoms with Gasteiger partial charge in [0.05, 0.1) is 25.8 Å². The summed E-state index contributed by atoms with van der Waals surface area (Å²) >= 11 is 0. The molecule has 1 aliphatic heterocycles. The average molecular weight is 382 g/mol. The molecule has 0 spiro atoms. The summed E-state index contributed by atoms with van der Waals surface area (Å²) in [5.41, 5.74) is 0.889. The van der Waals surface area contributed by atoms with Crippen LogP contribution in [-0.2, 0) is 9.53 Å². The summed E-state index contributed by atoms with van der Waals surface area (Å²) in [6, 6.07) is 12.9. The first-order valence-electron chi connectivity index (χ1n) is 9.45. The Hall–Kier alpha value is -2.99. The fraction of sp³-hybridized carbons (Fsp3) is 0.318. The minimum absolute atomic E-state index is 0.218. The van der Waals surface area contributed by atoms with Crippen LogP contribution in [0.4, 0.5) is 0 Å². The van der Waals surface area contributed by atoms with Gasteiger partial charge in [-0.3, -0.25) is 4.79 Å². The number of hydrogen-bond donors (Lipinski definition) is 1. The molecule has 0 radical (unpaired) electrons. The minimum atomic E-state index is -0.560. The first-order chi connectivity index (χ1) is 13.6. The van der Waals surface area contributed by atoms with E-state index in [1.807, 2.05) is 0 Å². The molecule has 0 atom stereocenters. The van der Waals surface area contributed by atoms with Crippen LogP contribution in [-0.4, -0.2) is 44.5 Å². The van der Waals surface area contributed by atoms with Crippen LogP contribution in [0.2, 0.25) is 0 Å². The molecule has 146 valence electrons. The van der Waals surface area contributed by atoms with Crippen molar-refractivity contribution in [3.05, 3.63) is 65.2 Å². The van der Waals surface area contributed by atoms with E-state index in [0.717, 1.165) is 25.9 Å². The number of rotatable bonds is 6. The zero-order valence-corrected chi connectivity index (χ0v) is 15.9. The van der Waals surface area contributed by atoms with Gasteiger partial charge in [-0.05, 0) is 49.6 Å². The molecule has 6 heteroatoms. The molecule has 2 aromatic rings. The summed E-state index contributed by atoms with van der Waals surface area (Å²) in [6.45, 7) is 2.36. The fourth-order valence-electron chi connectivity index (χ4n) is 3.40. The van der Waals surface area contributed by atoms with E-state index in [1.165, 1.54) is 18.4 Å². The van der Waals surface area contributed by atoms with Crippen LogP contribution in [0.3, 0.4) is 0 Å². The molecule has 0 saturated carbocycles. The van der Waals surface area contributed by atoms with Crippen LogP contribution in [0.25, 0.3) is 0 Å². The molecule has 1 heterocycles. The number of likely N-dealkylation sites (tertiary alicyclic amines) is 1. The highest BCUT2D eigenvalue weighted by Gasteiger charge is 2.20. The maximum absolute atomic E-state index is 12.8. The zero-order valence-electron chi connectivity index (χ0n) is 15.9. The van der Waals surface area contributed by atoms with Gasteiger partial charge in [0.2, 0.25) is 0 Å². The molecule has 1 N–H and O–H groups in total. The van der Waals surface area contributed by atoms with Crippen molar-refractivity contribution in [1.29, 1.82) is 0 Å². The molecule has 0 unspecified atom stereocenters. The number of hydrogen-bond acceptors (Lipinski definition) is 5. The molecule has 1 fully saturated rings. The van der Waals surface area contributed by atoms with Crippen molar-refractivity contribution in [3.63, 3.8) is 0 Å². The largest absolute Gasteiger partial charge is 0.465 e. The second-order valence-corrected chi connectivity index (χ2v) is 6.85. The van der Waals surface area contributed by atoms with Gasteiger partial charge in [-0.1, -0.05) is 18.2 Å². The summed E-state index contributed by atoms with van der Waals surface area (Å²) in [5.74, 6) is -0.724. The Balaban J connectivity index is 1.66. The van der Waals surface area contributed by atoms with E-state index in [2.05, 4.69) is 0 Å². The fourth-order valence-corrected chi connectivity index (χ4v) is 3.40. The number of ketones is 1.